The highest BCUT2D eigenvalue weighted by molar-refractivity contribution is 5.80. The van der Waals surface area contributed by atoms with Crippen LogP contribution in [0, 0.1) is 40.4 Å². The molecule has 3 rings (SSSR count). The topological polar surface area (TPSA) is 113 Å². The fourth-order valence-electron chi connectivity index (χ4n) is 2.16. The van der Waals surface area contributed by atoms with Gasteiger partial charge >= 0.3 is 5.78 Å². The molecule has 12 heteroatoms. The number of halogens is 5. The van der Waals surface area contributed by atoms with Crippen molar-refractivity contribution < 1.29 is 51.0 Å². The molecule has 1 aromatic carbocycles. The molecule has 0 bridgehead atoms. The molecular weight excluding hydrogens is 362 g/mol. The second-order valence-electron chi connectivity index (χ2n) is 4.73. The van der Waals surface area contributed by atoms with Crippen LogP contribution < -0.4 is 23.2 Å². The fourth-order valence-corrected chi connectivity index (χ4v) is 2.16. The van der Waals surface area contributed by atoms with Gasteiger partial charge in [-0.2, -0.15) is 13.2 Å². The van der Waals surface area contributed by atoms with E-state index < -0.39 is 44.5 Å². The maximum atomic E-state index is 13.8. The highest BCUT2D eigenvalue weighted by atomic mass is 35.7. The quantitative estimate of drug-likeness (QED) is 0.187. The van der Waals surface area contributed by atoms with Crippen LogP contribution in [0.5, 0.6) is 0 Å². The predicted octanol–water partition coefficient (Wildman–Crippen LogP) is -2.58. The molecule has 0 saturated carbocycles. The summed E-state index contributed by atoms with van der Waals surface area (Å²) in [4.78, 5) is 3.82. The average Bonchev–Trinajstić information content (AvgIpc) is 2.81. The van der Waals surface area contributed by atoms with Crippen molar-refractivity contribution in [1.82, 2.24) is 9.38 Å². The molecule has 24 heavy (non-hydrogen) atoms. The summed E-state index contributed by atoms with van der Waals surface area (Å²) in [7, 11) is -3.32. The van der Waals surface area contributed by atoms with Crippen LogP contribution in [-0.4, -0.2) is 9.38 Å². The zero-order valence-corrected chi connectivity index (χ0v) is 12.8. The van der Waals surface area contributed by atoms with Crippen LogP contribution in [0.4, 0.5) is 17.6 Å². The van der Waals surface area contributed by atoms with Crippen molar-refractivity contribution in [1.29, 1.82) is 0 Å². The van der Waals surface area contributed by atoms with E-state index in [1.165, 1.54) is 15.2 Å². The smallest absolute Gasteiger partial charge is 0.237 e. The van der Waals surface area contributed by atoms with Crippen molar-refractivity contribution in [2.45, 2.75) is 6.92 Å². The second-order valence-corrected chi connectivity index (χ2v) is 5.48. The summed E-state index contributed by atoms with van der Waals surface area (Å²) in [6.07, 6.45) is 3.16. The Hall–Kier alpha value is -2.05. The monoisotopic (exact) mass is 369 g/mol. The molecule has 0 fully saturated rings. The first kappa shape index (κ1) is 18.3. The van der Waals surface area contributed by atoms with Gasteiger partial charge in [-0.3, -0.25) is 0 Å². The second kappa shape index (κ2) is 6.11. The molecule has 0 unspecified atom stereocenters. The molecule has 130 valence electrons. The van der Waals surface area contributed by atoms with Crippen molar-refractivity contribution >= 4 is 16.8 Å². The van der Waals surface area contributed by atoms with E-state index in [4.69, 9.17) is 18.6 Å². The van der Waals surface area contributed by atoms with Crippen LogP contribution in [0.3, 0.4) is 0 Å². The summed E-state index contributed by atoms with van der Waals surface area (Å²) in [5, 5.41) is 0. The van der Waals surface area contributed by atoms with Crippen LogP contribution >= 0.6 is 0 Å². The van der Waals surface area contributed by atoms with Gasteiger partial charge < -0.3 is 0 Å². The zero-order valence-electron chi connectivity index (χ0n) is 12.0. The minimum Gasteiger partial charge on any atom is -0.237 e. The van der Waals surface area contributed by atoms with E-state index in [0.29, 0.717) is 0 Å². The van der Waals surface area contributed by atoms with Gasteiger partial charge in [0.2, 0.25) is 28.8 Å². The lowest BCUT2D eigenvalue weighted by Crippen LogP contribution is -2.68. The minimum absolute atomic E-state index is 0.184. The summed E-state index contributed by atoms with van der Waals surface area (Å²) in [5.41, 5.74) is -0.206. The van der Waals surface area contributed by atoms with E-state index >= 15 is 0 Å². The number of benzene rings is 1. The molecule has 0 aliphatic carbocycles. The van der Waals surface area contributed by atoms with Crippen LogP contribution in [0.15, 0.2) is 12.4 Å². The van der Waals surface area contributed by atoms with Crippen molar-refractivity contribution in [3.05, 3.63) is 41.2 Å². The predicted molar refractivity (Wildman–Crippen MR) is 58.4 cm³/mol. The normalized spacial score (nSPS) is 11.8. The lowest BCUT2D eigenvalue weighted by molar-refractivity contribution is -2.00. The number of imidazole rings is 1. The molecular formula is C12H8ClF4N3O4. The number of aromatic nitrogens is 3. The number of aryl methyl sites for hydroxylation is 2. The number of hydrogen-bond acceptors (Lipinski definition) is 5. The van der Waals surface area contributed by atoms with E-state index in [0.717, 1.165) is 5.56 Å². The highest BCUT2D eigenvalue weighted by Crippen LogP contribution is 2.26. The molecule has 0 saturated heterocycles. The standard InChI is InChI=1S/C12H8F4N3.ClHO4/c1-5-3-18(2)12-17-10-8(15)6(13)7(14)9(16)11(10)19(12)4-5;2-1(3,4)5/h3-4H,1-2H3;(H,2,3,4,5)/q+1;/p-1. The maximum Gasteiger partial charge on any atom is 0.404 e. The first-order valence-electron chi connectivity index (χ1n) is 6.03. The molecule has 0 amide bonds. The molecule has 2 aromatic heterocycles. The first-order valence-corrected chi connectivity index (χ1v) is 7.27. The number of fused-ring (bicyclic) bond motifs is 3. The molecule has 0 atom stereocenters. The summed E-state index contributed by atoms with van der Waals surface area (Å²) >= 11 is 0. The Morgan fingerprint density at radius 2 is 1.50 bits per heavy atom. The van der Waals surface area contributed by atoms with E-state index in [1.54, 1.807) is 20.2 Å². The SMILES string of the molecule is Cc1cn2c3c(F)c(F)c(F)c(F)c3nc2[n+](C)c1.[O-][Cl+3]([O-])([O-])[O-]. The first-order chi connectivity index (χ1) is 10.9. The summed E-state index contributed by atoms with van der Waals surface area (Å²) in [6, 6.07) is 0. The third-order valence-electron chi connectivity index (χ3n) is 2.93. The highest BCUT2D eigenvalue weighted by Gasteiger charge is 2.30. The molecule has 7 nitrogen and oxygen atoms in total. The molecule has 0 spiro atoms. The van der Waals surface area contributed by atoms with Crippen LogP contribution in [0.1, 0.15) is 5.56 Å². The summed E-state index contributed by atoms with van der Waals surface area (Å²) < 4.78 is 90.6. The zero-order chi connectivity index (χ0) is 18.4. The lowest BCUT2D eigenvalue weighted by Gasteiger charge is -2.17. The molecule has 0 radical (unpaired) electrons. The lowest BCUT2D eigenvalue weighted by atomic mass is 10.2. The van der Waals surface area contributed by atoms with E-state index in [-0.39, 0.29) is 5.78 Å². The molecule has 0 N–H and O–H groups in total. The van der Waals surface area contributed by atoms with Gasteiger partial charge in [0.15, 0.2) is 5.52 Å². The van der Waals surface area contributed by atoms with Gasteiger partial charge in [0.1, 0.15) is 0 Å². The summed E-state index contributed by atoms with van der Waals surface area (Å²) in [5.74, 6) is -6.45. The van der Waals surface area contributed by atoms with Gasteiger partial charge in [0.25, 0.3) is 0 Å². The van der Waals surface area contributed by atoms with Gasteiger partial charge in [-0.05, 0) is 6.92 Å². The Kier molecular flexibility index (Phi) is 4.65. The Balaban J connectivity index is 0.000000368. The summed E-state index contributed by atoms with van der Waals surface area (Å²) in [6.45, 7) is 1.74. The molecule has 0 aliphatic rings. The number of hydrogen-bond donors (Lipinski definition) is 0. The van der Waals surface area contributed by atoms with Crippen LogP contribution in [0.25, 0.3) is 16.8 Å². The molecule has 2 heterocycles. The molecule has 0 aliphatic heterocycles. The van der Waals surface area contributed by atoms with Gasteiger partial charge in [0, 0.05) is 5.56 Å². The van der Waals surface area contributed by atoms with Crippen molar-refractivity contribution in [3.63, 3.8) is 0 Å². The Bertz CT molecular complexity index is 936. The minimum atomic E-state index is -4.94. The largest absolute Gasteiger partial charge is 0.404 e. The van der Waals surface area contributed by atoms with Gasteiger partial charge in [-0.25, -0.2) is 32.0 Å². The van der Waals surface area contributed by atoms with Gasteiger partial charge in [-0.1, -0.05) is 4.98 Å². The third kappa shape index (κ3) is 3.39. The van der Waals surface area contributed by atoms with Crippen molar-refractivity contribution in [2.75, 3.05) is 0 Å². The Morgan fingerprint density at radius 1 is 1.00 bits per heavy atom. The van der Waals surface area contributed by atoms with Crippen LogP contribution in [0.2, 0.25) is 0 Å². The number of rotatable bonds is 0. The third-order valence-corrected chi connectivity index (χ3v) is 2.93. The maximum absolute atomic E-state index is 13.8. The van der Waals surface area contributed by atoms with E-state index in [9.17, 15) is 17.6 Å². The average molecular weight is 370 g/mol. The number of nitrogens with zero attached hydrogens (tertiary/aromatic N) is 3. The van der Waals surface area contributed by atoms with Gasteiger partial charge in [0.05, 0.1) is 19.4 Å². The van der Waals surface area contributed by atoms with E-state index in [1.807, 2.05) is 0 Å². The Labute approximate surface area is 133 Å². The van der Waals surface area contributed by atoms with E-state index in [2.05, 4.69) is 4.98 Å². The van der Waals surface area contributed by atoms with Crippen LogP contribution in [-0.2, 0) is 7.05 Å². The van der Waals surface area contributed by atoms with Crippen molar-refractivity contribution in [3.8, 4) is 0 Å². The van der Waals surface area contributed by atoms with Gasteiger partial charge in [-0.15, -0.1) is 10.2 Å². The fraction of sp³-hybridized carbons (Fsp3) is 0.167. The Morgan fingerprint density at radius 3 is 2.04 bits per heavy atom. The molecule has 3 aromatic rings. The van der Waals surface area contributed by atoms with Crippen molar-refractivity contribution in [2.24, 2.45) is 7.05 Å².